The summed E-state index contributed by atoms with van der Waals surface area (Å²) in [7, 11) is -3.73. The van der Waals surface area contributed by atoms with Crippen LogP contribution in [-0.4, -0.2) is 34.1 Å². The van der Waals surface area contributed by atoms with Crippen LogP contribution in [0.3, 0.4) is 0 Å². The van der Waals surface area contributed by atoms with Crippen molar-refractivity contribution in [1.29, 1.82) is 0 Å². The number of fused-ring (bicyclic) bond motifs is 1. The second kappa shape index (κ2) is 9.49. The zero-order valence-corrected chi connectivity index (χ0v) is 16.3. The van der Waals surface area contributed by atoms with E-state index < -0.39 is 16.0 Å². The Kier molecular flexibility index (Phi) is 6.79. The SMILES string of the molecule is O=C(CCNS(=O)(=O)c1ccc2ccccc2c1)OCCOc1ccc(F)cc1. The lowest BCUT2D eigenvalue weighted by Crippen LogP contribution is -2.27. The van der Waals surface area contributed by atoms with Crippen molar-refractivity contribution < 1.29 is 27.1 Å². The van der Waals surface area contributed by atoms with Crippen LogP contribution in [0.15, 0.2) is 71.6 Å². The van der Waals surface area contributed by atoms with E-state index in [0.29, 0.717) is 5.75 Å². The quantitative estimate of drug-likeness (QED) is 0.427. The molecule has 0 aliphatic carbocycles. The number of hydrogen-bond donors (Lipinski definition) is 1. The first-order valence-corrected chi connectivity index (χ1v) is 10.4. The number of rotatable bonds is 9. The normalized spacial score (nSPS) is 11.3. The molecule has 1 N–H and O–H groups in total. The van der Waals surface area contributed by atoms with Crippen LogP contribution in [0.25, 0.3) is 10.8 Å². The number of carbonyl (C=O) groups excluding carboxylic acids is 1. The number of ether oxygens (including phenoxy) is 2. The predicted octanol–water partition coefficient (Wildman–Crippen LogP) is 3.27. The second-order valence-corrected chi connectivity index (χ2v) is 7.95. The van der Waals surface area contributed by atoms with E-state index in [1.807, 2.05) is 24.3 Å². The maximum atomic E-state index is 12.8. The van der Waals surface area contributed by atoms with Crippen LogP contribution < -0.4 is 9.46 Å². The first-order valence-electron chi connectivity index (χ1n) is 8.96. The zero-order chi connectivity index (χ0) is 20.7. The molecule has 29 heavy (non-hydrogen) atoms. The molecule has 0 atom stereocenters. The first-order chi connectivity index (χ1) is 13.9. The number of nitrogens with one attached hydrogen (secondary N) is 1. The topological polar surface area (TPSA) is 81.7 Å². The fourth-order valence-corrected chi connectivity index (χ4v) is 3.69. The summed E-state index contributed by atoms with van der Waals surface area (Å²) in [5, 5.41) is 1.76. The van der Waals surface area contributed by atoms with E-state index in [2.05, 4.69) is 4.72 Å². The van der Waals surface area contributed by atoms with Gasteiger partial charge in [0.05, 0.1) is 11.3 Å². The maximum Gasteiger partial charge on any atom is 0.307 e. The van der Waals surface area contributed by atoms with Crippen molar-refractivity contribution in [1.82, 2.24) is 4.72 Å². The highest BCUT2D eigenvalue weighted by Gasteiger charge is 2.15. The van der Waals surface area contributed by atoms with Gasteiger partial charge in [-0.1, -0.05) is 30.3 Å². The summed E-state index contributed by atoms with van der Waals surface area (Å²) in [6.45, 7) is 0.0423. The molecule has 0 unspecified atom stereocenters. The molecule has 0 aliphatic rings. The van der Waals surface area contributed by atoms with Crippen molar-refractivity contribution in [2.75, 3.05) is 19.8 Å². The highest BCUT2D eigenvalue weighted by Crippen LogP contribution is 2.18. The Bertz CT molecular complexity index is 1080. The highest BCUT2D eigenvalue weighted by molar-refractivity contribution is 7.89. The lowest BCUT2D eigenvalue weighted by molar-refractivity contribution is -0.144. The number of carbonyl (C=O) groups is 1. The fourth-order valence-electron chi connectivity index (χ4n) is 2.62. The molecule has 0 aliphatic heterocycles. The minimum absolute atomic E-state index is 0.00757. The minimum atomic E-state index is -3.73. The fraction of sp³-hybridized carbons (Fsp3) is 0.190. The highest BCUT2D eigenvalue weighted by atomic mass is 32.2. The largest absolute Gasteiger partial charge is 0.490 e. The second-order valence-electron chi connectivity index (χ2n) is 6.18. The van der Waals surface area contributed by atoms with Crippen LogP contribution in [0.2, 0.25) is 0 Å². The number of sulfonamides is 1. The minimum Gasteiger partial charge on any atom is -0.490 e. The molecule has 0 saturated heterocycles. The van der Waals surface area contributed by atoms with Crippen molar-refractivity contribution in [3.8, 4) is 5.75 Å². The molecule has 0 amide bonds. The average molecular weight is 417 g/mol. The molecule has 3 aromatic carbocycles. The van der Waals surface area contributed by atoms with Crippen molar-refractivity contribution in [3.63, 3.8) is 0 Å². The van der Waals surface area contributed by atoms with Gasteiger partial charge in [0.15, 0.2) is 0 Å². The van der Waals surface area contributed by atoms with Gasteiger partial charge in [-0.05, 0) is 47.2 Å². The third-order valence-electron chi connectivity index (χ3n) is 4.08. The summed E-state index contributed by atoms with van der Waals surface area (Å²) in [4.78, 5) is 11.9. The molecular formula is C21H20FNO5S. The molecule has 0 fully saturated rings. The number of benzene rings is 3. The van der Waals surface area contributed by atoms with Gasteiger partial charge in [-0.3, -0.25) is 4.79 Å². The van der Waals surface area contributed by atoms with E-state index in [4.69, 9.17) is 9.47 Å². The van der Waals surface area contributed by atoms with Gasteiger partial charge >= 0.3 is 5.97 Å². The summed E-state index contributed by atoms with van der Waals surface area (Å²) in [5.41, 5.74) is 0. The number of hydrogen-bond acceptors (Lipinski definition) is 5. The monoisotopic (exact) mass is 417 g/mol. The third-order valence-corrected chi connectivity index (χ3v) is 5.54. The standard InChI is InChI=1S/C21H20FNO5S/c22-18-6-8-19(9-7-18)27-13-14-28-21(24)11-12-23-29(25,26)20-10-5-16-3-1-2-4-17(16)15-20/h1-10,15,23H,11-14H2. The summed E-state index contributed by atoms with van der Waals surface area (Å²) in [6.07, 6.45) is -0.108. The molecular weight excluding hydrogens is 397 g/mol. The summed E-state index contributed by atoms with van der Waals surface area (Å²) < 4.78 is 50.3. The van der Waals surface area contributed by atoms with Gasteiger partial charge < -0.3 is 9.47 Å². The third kappa shape index (κ3) is 6.00. The molecule has 3 aromatic rings. The van der Waals surface area contributed by atoms with Crippen LogP contribution in [0.4, 0.5) is 4.39 Å². The van der Waals surface area contributed by atoms with Crippen LogP contribution >= 0.6 is 0 Å². The number of halogens is 1. The molecule has 0 aromatic heterocycles. The molecule has 0 radical (unpaired) electrons. The van der Waals surface area contributed by atoms with Crippen molar-refractivity contribution in [2.45, 2.75) is 11.3 Å². The van der Waals surface area contributed by atoms with Gasteiger partial charge in [0.2, 0.25) is 10.0 Å². The Labute approximate surface area is 168 Å². The van der Waals surface area contributed by atoms with Gasteiger partial charge in [-0.2, -0.15) is 0 Å². The molecule has 0 bridgehead atoms. The molecule has 6 nitrogen and oxygen atoms in total. The lowest BCUT2D eigenvalue weighted by atomic mass is 10.1. The van der Waals surface area contributed by atoms with E-state index in [1.165, 1.54) is 30.3 Å². The van der Waals surface area contributed by atoms with Gasteiger partial charge in [0.1, 0.15) is 24.8 Å². The Hall–Kier alpha value is -2.97. The summed E-state index contributed by atoms with van der Waals surface area (Å²) >= 11 is 0. The zero-order valence-electron chi connectivity index (χ0n) is 15.5. The number of esters is 1. The molecule has 0 heterocycles. The van der Waals surface area contributed by atoms with E-state index in [0.717, 1.165) is 10.8 Å². The van der Waals surface area contributed by atoms with E-state index in [1.54, 1.807) is 12.1 Å². The van der Waals surface area contributed by atoms with E-state index in [9.17, 15) is 17.6 Å². The average Bonchev–Trinajstić information content (AvgIpc) is 2.72. The predicted molar refractivity (Wildman–Crippen MR) is 107 cm³/mol. The molecule has 0 spiro atoms. The van der Waals surface area contributed by atoms with Crippen LogP contribution in [0.1, 0.15) is 6.42 Å². The van der Waals surface area contributed by atoms with Gasteiger partial charge in [0.25, 0.3) is 0 Å². The lowest BCUT2D eigenvalue weighted by Gasteiger charge is -2.09. The molecule has 152 valence electrons. The van der Waals surface area contributed by atoms with Crippen LogP contribution in [0, 0.1) is 5.82 Å². The van der Waals surface area contributed by atoms with E-state index >= 15 is 0 Å². The van der Waals surface area contributed by atoms with Crippen molar-refractivity contribution in [2.24, 2.45) is 0 Å². The summed E-state index contributed by atoms with van der Waals surface area (Å²) in [6, 6.07) is 17.8. The molecule has 3 rings (SSSR count). The maximum absolute atomic E-state index is 12.8. The Morgan fingerprint density at radius 3 is 2.41 bits per heavy atom. The van der Waals surface area contributed by atoms with Crippen LogP contribution in [-0.2, 0) is 19.6 Å². The Morgan fingerprint density at radius 1 is 0.931 bits per heavy atom. The summed E-state index contributed by atoms with van der Waals surface area (Å²) in [5.74, 6) is -0.450. The van der Waals surface area contributed by atoms with Gasteiger partial charge in [-0.25, -0.2) is 17.5 Å². The molecule has 8 heteroatoms. The first kappa shape index (κ1) is 20.8. The molecule has 0 saturated carbocycles. The van der Waals surface area contributed by atoms with Gasteiger partial charge in [-0.15, -0.1) is 0 Å². The van der Waals surface area contributed by atoms with Crippen molar-refractivity contribution >= 4 is 26.8 Å². The van der Waals surface area contributed by atoms with Crippen LogP contribution in [0.5, 0.6) is 5.75 Å². The Morgan fingerprint density at radius 2 is 1.66 bits per heavy atom. The van der Waals surface area contributed by atoms with Crippen molar-refractivity contribution in [3.05, 3.63) is 72.5 Å². The van der Waals surface area contributed by atoms with Gasteiger partial charge in [0, 0.05) is 6.54 Å². The van der Waals surface area contributed by atoms with E-state index in [-0.39, 0.29) is 36.9 Å². The smallest absolute Gasteiger partial charge is 0.307 e. The Balaban J connectivity index is 1.41.